The summed E-state index contributed by atoms with van der Waals surface area (Å²) in [6.07, 6.45) is 2.92. The van der Waals surface area contributed by atoms with Crippen molar-refractivity contribution in [1.82, 2.24) is 9.38 Å². The summed E-state index contributed by atoms with van der Waals surface area (Å²) in [5.74, 6) is 0. The Kier molecular flexibility index (Phi) is 2.89. The van der Waals surface area contributed by atoms with Crippen LogP contribution < -0.4 is 5.73 Å². The Morgan fingerprint density at radius 3 is 2.72 bits per heavy atom. The number of benzene rings is 1. The van der Waals surface area contributed by atoms with Crippen LogP contribution in [0.1, 0.15) is 18.2 Å². The SMILES string of the molecule is CCc1ccc(-c2csc3ncc(CN)n23)cc1. The molecule has 3 rings (SSSR count). The number of aromatic nitrogens is 2. The highest BCUT2D eigenvalue weighted by atomic mass is 32.1. The topological polar surface area (TPSA) is 43.3 Å². The molecule has 1 aromatic carbocycles. The maximum atomic E-state index is 5.76. The summed E-state index contributed by atoms with van der Waals surface area (Å²) in [7, 11) is 0. The van der Waals surface area contributed by atoms with Gasteiger partial charge in [-0.15, -0.1) is 11.3 Å². The Labute approximate surface area is 110 Å². The number of hydrogen-bond acceptors (Lipinski definition) is 3. The van der Waals surface area contributed by atoms with Crippen LogP contribution in [-0.4, -0.2) is 9.38 Å². The molecule has 3 aromatic rings. The second-order valence-electron chi connectivity index (χ2n) is 4.24. The molecule has 0 spiro atoms. The van der Waals surface area contributed by atoms with Gasteiger partial charge in [-0.1, -0.05) is 31.2 Å². The highest BCUT2D eigenvalue weighted by molar-refractivity contribution is 7.15. The first-order valence-corrected chi connectivity index (χ1v) is 6.94. The molecule has 0 saturated heterocycles. The zero-order chi connectivity index (χ0) is 12.5. The molecular formula is C14H15N3S. The summed E-state index contributed by atoms with van der Waals surface area (Å²) in [6.45, 7) is 2.68. The first kappa shape index (κ1) is 11.4. The lowest BCUT2D eigenvalue weighted by Gasteiger charge is -2.04. The molecule has 0 aliphatic rings. The van der Waals surface area contributed by atoms with Crippen LogP contribution in [0.4, 0.5) is 0 Å². The monoisotopic (exact) mass is 257 g/mol. The molecule has 0 aliphatic carbocycles. The molecule has 0 radical (unpaired) electrons. The fourth-order valence-electron chi connectivity index (χ4n) is 2.12. The molecule has 92 valence electrons. The van der Waals surface area contributed by atoms with Crippen LogP contribution >= 0.6 is 11.3 Å². The second-order valence-corrected chi connectivity index (χ2v) is 5.08. The van der Waals surface area contributed by atoms with Gasteiger partial charge in [-0.05, 0) is 17.5 Å². The van der Waals surface area contributed by atoms with Gasteiger partial charge < -0.3 is 5.73 Å². The van der Waals surface area contributed by atoms with Crippen molar-refractivity contribution < 1.29 is 0 Å². The van der Waals surface area contributed by atoms with E-state index in [-0.39, 0.29) is 0 Å². The number of nitrogens with zero attached hydrogens (tertiary/aromatic N) is 2. The maximum absolute atomic E-state index is 5.76. The van der Waals surface area contributed by atoms with Gasteiger partial charge in [0.25, 0.3) is 0 Å². The Bertz CT molecular complexity index is 664. The van der Waals surface area contributed by atoms with E-state index in [9.17, 15) is 0 Å². The summed E-state index contributed by atoms with van der Waals surface area (Å²) < 4.78 is 2.14. The van der Waals surface area contributed by atoms with Gasteiger partial charge in [-0.2, -0.15) is 0 Å². The minimum absolute atomic E-state index is 0.512. The number of fused-ring (bicyclic) bond motifs is 1. The Balaban J connectivity index is 2.14. The van der Waals surface area contributed by atoms with E-state index in [1.807, 2.05) is 6.20 Å². The zero-order valence-electron chi connectivity index (χ0n) is 10.3. The molecule has 0 saturated carbocycles. The van der Waals surface area contributed by atoms with Crippen LogP contribution in [-0.2, 0) is 13.0 Å². The first-order valence-electron chi connectivity index (χ1n) is 6.06. The summed E-state index contributed by atoms with van der Waals surface area (Å²) in [4.78, 5) is 5.38. The van der Waals surface area contributed by atoms with Crippen LogP contribution in [0.5, 0.6) is 0 Å². The number of aryl methyl sites for hydroxylation is 1. The lowest BCUT2D eigenvalue weighted by molar-refractivity contribution is 0.970. The number of rotatable bonds is 3. The van der Waals surface area contributed by atoms with E-state index >= 15 is 0 Å². The normalized spacial score (nSPS) is 11.2. The third kappa shape index (κ3) is 1.74. The van der Waals surface area contributed by atoms with E-state index in [4.69, 9.17) is 5.73 Å². The van der Waals surface area contributed by atoms with Crippen molar-refractivity contribution in [2.45, 2.75) is 19.9 Å². The van der Waals surface area contributed by atoms with Gasteiger partial charge in [0.15, 0.2) is 4.96 Å². The maximum Gasteiger partial charge on any atom is 0.194 e. The fraction of sp³-hybridized carbons (Fsp3) is 0.214. The van der Waals surface area contributed by atoms with Crippen LogP contribution in [0.15, 0.2) is 35.8 Å². The molecule has 0 atom stereocenters. The summed E-state index contributed by atoms with van der Waals surface area (Å²) >= 11 is 1.65. The van der Waals surface area contributed by atoms with Crippen molar-refractivity contribution in [3.63, 3.8) is 0 Å². The third-order valence-electron chi connectivity index (χ3n) is 3.19. The highest BCUT2D eigenvalue weighted by Gasteiger charge is 2.10. The molecule has 18 heavy (non-hydrogen) atoms. The molecule has 3 nitrogen and oxygen atoms in total. The fourth-order valence-corrected chi connectivity index (χ4v) is 3.02. The van der Waals surface area contributed by atoms with Gasteiger partial charge in [0.2, 0.25) is 0 Å². The predicted octanol–water partition coefficient (Wildman–Crippen LogP) is 3.08. The lowest BCUT2D eigenvalue weighted by atomic mass is 10.1. The molecule has 0 fully saturated rings. The number of imidazole rings is 1. The molecule has 0 amide bonds. The van der Waals surface area contributed by atoms with Gasteiger partial charge in [0.1, 0.15) is 0 Å². The van der Waals surface area contributed by atoms with E-state index in [1.165, 1.54) is 16.8 Å². The summed E-state index contributed by atoms with van der Waals surface area (Å²) in [5.41, 5.74) is 10.6. The number of hydrogen-bond donors (Lipinski definition) is 1. The highest BCUT2D eigenvalue weighted by Crippen LogP contribution is 2.27. The Morgan fingerprint density at radius 2 is 2.06 bits per heavy atom. The van der Waals surface area contributed by atoms with Crippen LogP contribution in [0.2, 0.25) is 0 Å². The van der Waals surface area contributed by atoms with Gasteiger partial charge in [-0.3, -0.25) is 4.40 Å². The molecule has 0 unspecified atom stereocenters. The third-order valence-corrected chi connectivity index (χ3v) is 4.03. The number of nitrogens with two attached hydrogens (primary N) is 1. The van der Waals surface area contributed by atoms with Crippen LogP contribution in [0.25, 0.3) is 16.2 Å². The van der Waals surface area contributed by atoms with Gasteiger partial charge in [-0.25, -0.2) is 4.98 Å². The van der Waals surface area contributed by atoms with Crippen LogP contribution in [0, 0.1) is 0 Å². The van der Waals surface area contributed by atoms with Crippen molar-refractivity contribution in [2.24, 2.45) is 5.73 Å². The van der Waals surface area contributed by atoms with Crippen molar-refractivity contribution >= 4 is 16.3 Å². The van der Waals surface area contributed by atoms with E-state index in [0.29, 0.717) is 6.54 Å². The standard InChI is InChI=1S/C14H15N3S/c1-2-10-3-5-11(6-4-10)13-9-18-14-16-8-12(7-15)17(13)14/h3-6,8-9H,2,7,15H2,1H3. The zero-order valence-corrected chi connectivity index (χ0v) is 11.1. The first-order chi connectivity index (χ1) is 8.83. The van der Waals surface area contributed by atoms with Gasteiger partial charge in [0.05, 0.1) is 17.6 Å². The van der Waals surface area contributed by atoms with E-state index in [0.717, 1.165) is 17.1 Å². The molecule has 2 aromatic heterocycles. The molecule has 0 bridgehead atoms. The largest absolute Gasteiger partial charge is 0.325 e. The average Bonchev–Trinajstić information content (AvgIpc) is 3.00. The van der Waals surface area contributed by atoms with Crippen LogP contribution in [0.3, 0.4) is 0 Å². The average molecular weight is 257 g/mol. The molecule has 2 heterocycles. The number of thiazole rings is 1. The van der Waals surface area contributed by atoms with Gasteiger partial charge >= 0.3 is 0 Å². The van der Waals surface area contributed by atoms with Gasteiger partial charge in [0, 0.05) is 11.9 Å². The van der Waals surface area contributed by atoms with Crippen molar-refractivity contribution in [1.29, 1.82) is 0 Å². The smallest absolute Gasteiger partial charge is 0.194 e. The summed E-state index contributed by atoms with van der Waals surface area (Å²) in [6, 6.07) is 8.69. The van der Waals surface area contributed by atoms with E-state index in [2.05, 4.69) is 46.0 Å². The van der Waals surface area contributed by atoms with Crippen molar-refractivity contribution in [2.75, 3.05) is 0 Å². The Hall–Kier alpha value is -1.65. The lowest BCUT2D eigenvalue weighted by Crippen LogP contribution is -2.00. The second kappa shape index (κ2) is 4.55. The quantitative estimate of drug-likeness (QED) is 0.783. The minimum atomic E-state index is 0.512. The molecule has 2 N–H and O–H groups in total. The Morgan fingerprint density at radius 1 is 1.28 bits per heavy atom. The summed E-state index contributed by atoms with van der Waals surface area (Å²) in [5, 5.41) is 2.14. The van der Waals surface area contributed by atoms with Crippen molar-refractivity contribution in [3.8, 4) is 11.3 Å². The predicted molar refractivity (Wildman–Crippen MR) is 75.8 cm³/mol. The molecule has 4 heteroatoms. The molecular weight excluding hydrogens is 242 g/mol. The minimum Gasteiger partial charge on any atom is -0.325 e. The van der Waals surface area contributed by atoms with Crippen molar-refractivity contribution in [3.05, 3.63) is 47.1 Å². The van der Waals surface area contributed by atoms with E-state index < -0.39 is 0 Å². The molecule has 0 aliphatic heterocycles. The van der Waals surface area contributed by atoms with E-state index in [1.54, 1.807) is 11.3 Å².